The number of fused-ring (bicyclic) bond motifs is 2. The molecule has 24 heavy (non-hydrogen) atoms. The second-order valence-electron chi connectivity index (χ2n) is 6.15. The molecule has 3 heterocycles. The zero-order valence-electron chi connectivity index (χ0n) is 12.7. The Morgan fingerprint density at radius 1 is 1.29 bits per heavy atom. The molecule has 0 radical (unpaired) electrons. The Bertz CT molecular complexity index is 1100. The van der Waals surface area contributed by atoms with Crippen molar-refractivity contribution in [3.8, 4) is 0 Å². The quantitative estimate of drug-likeness (QED) is 0.521. The Kier molecular flexibility index (Phi) is 2.96. The van der Waals surface area contributed by atoms with Crippen molar-refractivity contribution in [2.45, 2.75) is 25.2 Å². The third-order valence-corrected chi connectivity index (χ3v) is 5.68. The van der Waals surface area contributed by atoms with E-state index in [-0.39, 0.29) is 5.15 Å². The van der Waals surface area contributed by atoms with E-state index >= 15 is 0 Å². The summed E-state index contributed by atoms with van der Waals surface area (Å²) in [6.07, 6.45) is 2.19. The van der Waals surface area contributed by atoms with E-state index in [0.717, 1.165) is 22.5 Å². The molecule has 0 saturated heterocycles. The fourth-order valence-corrected chi connectivity index (χ4v) is 4.47. The lowest BCUT2D eigenvalue weighted by Crippen LogP contribution is -1.99. The number of aromatic nitrogens is 4. The molecule has 4 aromatic rings. The molecule has 0 N–H and O–H groups in total. The van der Waals surface area contributed by atoms with Gasteiger partial charge in [-0.05, 0) is 48.9 Å². The Balaban J connectivity index is 1.55. The Morgan fingerprint density at radius 2 is 2.17 bits per heavy atom. The second kappa shape index (κ2) is 4.97. The summed E-state index contributed by atoms with van der Waals surface area (Å²) in [4.78, 5) is 8.67. The van der Waals surface area contributed by atoms with Crippen LogP contribution in [0, 0.1) is 12.9 Å². The van der Waals surface area contributed by atoms with Crippen LogP contribution < -0.4 is 0 Å². The average molecular weight is 359 g/mol. The van der Waals surface area contributed by atoms with Gasteiger partial charge in [0.05, 0.1) is 21.4 Å². The van der Waals surface area contributed by atoms with Crippen molar-refractivity contribution in [2.75, 3.05) is 0 Å². The molecule has 0 unspecified atom stereocenters. The lowest BCUT2D eigenvalue weighted by molar-refractivity contribution is 0.548. The number of rotatable bonds is 2. The van der Waals surface area contributed by atoms with Crippen LogP contribution in [0.25, 0.3) is 15.9 Å². The molecule has 7 heteroatoms. The molecule has 0 amide bonds. The SMILES string of the molecule is Cc1nc2ccc([C@H]3C[C@@H]3c3cc(Cl)nn4c(F)cnc34)cc2s1. The maximum atomic E-state index is 13.8. The van der Waals surface area contributed by atoms with Crippen LogP contribution in [0.4, 0.5) is 4.39 Å². The van der Waals surface area contributed by atoms with Gasteiger partial charge < -0.3 is 0 Å². The first-order valence-corrected chi connectivity index (χ1v) is 8.86. The van der Waals surface area contributed by atoms with Crippen molar-refractivity contribution >= 4 is 38.8 Å². The zero-order chi connectivity index (χ0) is 16.4. The number of halogens is 2. The maximum absolute atomic E-state index is 13.8. The van der Waals surface area contributed by atoms with E-state index in [4.69, 9.17) is 11.6 Å². The van der Waals surface area contributed by atoms with Crippen molar-refractivity contribution in [2.24, 2.45) is 0 Å². The Morgan fingerprint density at radius 3 is 3.04 bits per heavy atom. The van der Waals surface area contributed by atoms with E-state index in [2.05, 4.69) is 33.3 Å². The molecule has 5 rings (SSSR count). The predicted octanol–water partition coefficient (Wildman–Crippen LogP) is 4.71. The molecule has 1 aliphatic carbocycles. The van der Waals surface area contributed by atoms with Gasteiger partial charge in [-0.15, -0.1) is 11.3 Å². The van der Waals surface area contributed by atoms with Crippen LogP contribution >= 0.6 is 22.9 Å². The summed E-state index contributed by atoms with van der Waals surface area (Å²) in [5.74, 6) is 0.201. The van der Waals surface area contributed by atoms with Gasteiger partial charge in [0.15, 0.2) is 10.8 Å². The summed E-state index contributed by atoms with van der Waals surface area (Å²) in [6.45, 7) is 2.02. The molecular formula is C17H12ClFN4S. The lowest BCUT2D eigenvalue weighted by atomic mass is 10.1. The molecule has 3 aromatic heterocycles. The van der Waals surface area contributed by atoms with Crippen molar-refractivity contribution < 1.29 is 4.39 Å². The van der Waals surface area contributed by atoms with Gasteiger partial charge in [-0.1, -0.05) is 17.7 Å². The first-order valence-electron chi connectivity index (χ1n) is 7.67. The molecule has 1 saturated carbocycles. The van der Waals surface area contributed by atoms with E-state index < -0.39 is 5.95 Å². The van der Waals surface area contributed by atoms with Gasteiger partial charge >= 0.3 is 0 Å². The molecule has 0 bridgehead atoms. The van der Waals surface area contributed by atoms with Gasteiger partial charge in [0.1, 0.15) is 0 Å². The van der Waals surface area contributed by atoms with Crippen LogP contribution in [-0.4, -0.2) is 19.6 Å². The monoisotopic (exact) mass is 358 g/mol. The lowest BCUT2D eigenvalue weighted by Gasteiger charge is -2.04. The van der Waals surface area contributed by atoms with Gasteiger partial charge in [0, 0.05) is 5.56 Å². The minimum Gasteiger partial charge on any atom is -0.242 e. The normalized spacial score (nSPS) is 20.1. The summed E-state index contributed by atoms with van der Waals surface area (Å²) in [5, 5.41) is 5.35. The van der Waals surface area contributed by atoms with Crippen LogP contribution in [0.3, 0.4) is 0 Å². The van der Waals surface area contributed by atoms with Crippen LogP contribution in [0.2, 0.25) is 5.15 Å². The molecule has 1 aromatic carbocycles. The zero-order valence-corrected chi connectivity index (χ0v) is 14.3. The van der Waals surface area contributed by atoms with Crippen LogP contribution in [0.1, 0.15) is 34.4 Å². The topological polar surface area (TPSA) is 43.1 Å². The minimum atomic E-state index is -0.493. The van der Waals surface area contributed by atoms with Gasteiger partial charge in [-0.2, -0.15) is 14.0 Å². The van der Waals surface area contributed by atoms with E-state index in [9.17, 15) is 4.39 Å². The van der Waals surface area contributed by atoms with Crippen LogP contribution in [0.15, 0.2) is 30.5 Å². The van der Waals surface area contributed by atoms with Crippen molar-refractivity contribution in [3.05, 3.63) is 57.7 Å². The number of aryl methyl sites for hydroxylation is 1. The van der Waals surface area contributed by atoms with E-state index in [1.165, 1.54) is 21.0 Å². The summed E-state index contributed by atoms with van der Waals surface area (Å²) in [6, 6.07) is 8.24. The highest BCUT2D eigenvalue weighted by atomic mass is 35.5. The van der Waals surface area contributed by atoms with Gasteiger partial charge in [-0.25, -0.2) is 9.97 Å². The van der Waals surface area contributed by atoms with Crippen LogP contribution in [0.5, 0.6) is 0 Å². The molecule has 1 fully saturated rings. The molecular weight excluding hydrogens is 347 g/mol. The minimum absolute atomic E-state index is 0.286. The average Bonchev–Trinajstić information content (AvgIpc) is 3.14. The Hall–Kier alpha value is -2.05. The molecule has 0 spiro atoms. The highest BCUT2D eigenvalue weighted by Crippen LogP contribution is 2.56. The largest absolute Gasteiger partial charge is 0.242 e. The third kappa shape index (κ3) is 2.13. The number of benzene rings is 1. The molecule has 4 nitrogen and oxygen atoms in total. The number of thiazole rings is 1. The number of nitrogens with zero attached hydrogens (tertiary/aromatic N) is 4. The standard InChI is InChI=1S/C17H12ClFN4S/c1-8-21-13-3-2-9(4-14(13)24-8)10-5-11(10)12-6-15(18)22-23-16(19)7-20-17(12)23/h2-4,6-7,10-11H,5H2,1H3/t10-,11+/m1/s1. The van der Waals surface area contributed by atoms with E-state index in [0.29, 0.717) is 17.5 Å². The van der Waals surface area contributed by atoms with Gasteiger partial charge in [0.25, 0.3) is 0 Å². The first-order chi connectivity index (χ1) is 11.6. The second-order valence-corrected chi connectivity index (χ2v) is 7.77. The molecule has 2 atom stereocenters. The number of hydrogen-bond donors (Lipinski definition) is 0. The van der Waals surface area contributed by atoms with Crippen molar-refractivity contribution in [3.63, 3.8) is 0 Å². The highest BCUT2D eigenvalue weighted by molar-refractivity contribution is 7.18. The van der Waals surface area contributed by atoms with E-state index in [1.54, 1.807) is 11.3 Å². The fourth-order valence-electron chi connectivity index (χ4n) is 3.40. The smallest absolute Gasteiger partial charge is 0.234 e. The molecule has 0 aliphatic heterocycles. The summed E-state index contributed by atoms with van der Waals surface area (Å²) >= 11 is 7.77. The highest BCUT2D eigenvalue weighted by Gasteiger charge is 2.41. The van der Waals surface area contributed by atoms with Crippen LogP contribution in [-0.2, 0) is 0 Å². The molecule has 120 valence electrons. The summed E-state index contributed by atoms with van der Waals surface area (Å²) in [5.41, 5.74) is 3.85. The fraction of sp³-hybridized carbons (Fsp3) is 0.235. The van der Waals surface area contributed by atoms with E-state index in [1.807, 2.05) is 13.0 Å². The third-order valence-electron chi connectivity index (χ3n) is 4.56. The van der Waals surface area contributed by atoms with Crippen molar-refractivity contribution in [1.29, 1.82) is 0 Å². The summed E-state index contributed by atoms with van der Waals surface area (Å²) in [7, 11) is 0. The number of imidazole rings is 1. The Labute approximate surface area is 145 Å². The van der Waals surface area contributed by atoms with Crippen molar-refractivity contribution in [1.82, 2.24) is 19.6 Å². The maximum Gasteiger partial charge on any atom is 0.234 e. The van der Waals surface area contributed by atoms with Gasteiger partial charge in [0.2, 0.25) is 5.95 Å². The first kappa shape index (κ1) is 14.3. The summed E-state index contributed by atoms with van der Waals surface area (Å²) < 4.78 is 16.2. The predicted molar refractivity (Wildman–Crippen MR) is 92.4 cm³/mol. The molecule has 1 aliphatic rings. The van der Waals surface area contributed by atoms with Gasteiger partial charge in [-0.3, -0.25) is 0 Å². The number of hydrogen-bond acceptors (Lipinski definition) is 4.